The molecule has 1 aliphatic carbocycles. The van der Waals surface area contributed by atoms with Crippen LogP contribution in [0.2, 0.25) is 0 Å². The summed E-state index contributed by atoms with van der Waals surface area (Å²) in [5.74, 6) is -0.696. The number of thiazole rings is 1. The van der Waals surface area contributed by atoms with Gasteiger partial charge in [0.2, 0.25) is 0 Å². The fraction of sp³-hybridized carbons (Fsp3) is 0.688. The highest BCUT2D eigenvalue weighted by atomic mass is 32.1. The molecule has 1 aromatic rings. The van der Waals surface area contributed by atoms with Crippen LogP contribution in [0.25, 0.3) is 0 Å². The zero-order valence-electron chi connectivity index (χ0n) is 12.8. The first-order valence-corrected chi connectivity index (χ1v) is 9.14. The van der Waals surface area contributed by atoms with Gasteiger partial charge in [0.1, 0.15) is 22.8 Å². The second-order valence-electron chi connectivity index (χ2n) is 6.67. The summed E-state index contributed by atoms with van der Waals surface area (Å²) >= 11 is 1.43. The van der Waals surface area contributed by atoms with Gasteiger partial charge in [-0.05, 0) is 37.5 Å². The average molecular weight is 336 g/mol. The first-order chi connectivity index (χ1) is 11.1. The Kier molecular flexibility index (Phi) is 3.85. The minimum Gasteiger partial charge on any atom is -0.480 e. The number of nitrogens with zero attached hydrogens (tertiary/aromatic N) is 2. The number of carbonyl (C=O) groups is 2. The van der Waals surface area contributed by atoms with Gasteiger partial charge in [-0.15, -0.1) is 11.3 Å². The fourth-order valence-electron chi connectivity index (χ4n) is 4.28. The van der Waals surface area contributed by atoms with Crippen molar-refractivity contribution in [2.45, 2.75) is 44.2 Å². The first kappa shape index (κ1) is 15.1. The molecule has 7 heteroatoms. The van der Waals surface area contributed by atoms with E-state index in [1.54, 1.807) is 5.38 Å². The molecular formula is C16H20N2O4S. The van der Waals surface area contributed by atoms with Crippen molar-refractivity contribution in [3.8, 4) is 0 Å². The van der Waals surface area contributed by atoms with Crippen LogP contribution >= 0.6 is 11.3 Å². The second kappa shape index (κ2) is 5.87. The Bertz CT molecular complexity index is 625. The van der Waals surface area contributed by atoms with Gasteiger partial charge in [0.25, 0.3) is 5.91 Å². The topological polar surface area (TPSA) is 79.7 Å². The largest absolute Gasteiger partial charge is 0.480 e. The Balaban J connectivity index is 1.55. The number of rotatable bonds is 3. The van der Waals surface area contributed by atoms with Crippen LogP contribution in [0, 0.1) is 11.8 Å². The lowest BCUT2D eigenvalue weighted by Gasteiger charge is -2.23. The van der Waals surface area contributed by atoms with Gasteiger partial charge >= 0.3 is 5.97 Å². The Morgan fingerprint density at radius 1 is 1.30 bits per heavy atom. The lowest BCUT2D eigenvalue weighted by Crippen LogP contribution is -2.43. The number of hydrogen-bond donors (Lipinski definition) is 1. The van der Waals surface area contributed by atoms with E-state index in [1.165, 1.54) is 16.2 Å². The Hall–Kier alpha value is -1.47. The van der Waals surface area contributed by atoms with Crippen molar-refractivity contribution in [1.82, 2.24) is 9.88 Å². The molecule has 2 saturated heterocycles. The summed E-state index contributed by atoms with van der Waals surface area (Å²) < 4.78 is 5.61. The molecule has 3 fully saturated rings. The summed E-state index contributed by atoms with van der Waals surface area (Å²) in [6, 6.07) is -0.692. The van der Waals surface area contributed by atoms with Crippen LogP contribution in [0.5, 0.6) is 0 Å². The summed E-state index contributed by atoms with van der Waals surface area (Å²) in [6.45, 7) is 1.29. The molecule has 2 aliphatic heterocycles. The second-order valence-corrected chi connectivity index (χ2v) is 7.56. The van der Waals surface area contributed by atoms with E-state index in [0.29, 0.717) is 18.2 Å². The number of carboxylic acids is 1. The van der Waals surface area contributed by atoms with Gasteiger partial charge in [0.15, 0.2) is 0 Å². The average Bonchev–Trinajstić information content (AvgIpc) is 3.26. The van der Waals surface area contributed by atoms with Crippen molar-refractivity contribution >= 4 is 23.2 Å². The van der Waals surface area contributed by atoms with Crippen LogP contribution in [0.15, 0.2) is 5.38 Å². The quantitative estimate of drug-likeness (QED) is 0.916. The molecular weight excluding hydrogens is 316 g/mol. The zero-order valence-corrected chi connectivity index (χ0v) is 13.6. The summed E-state index contributed by atoms with van der Waals surface area (Å²) in [5, 5.41) is 12.1. The SMILES string of the molecule is O=C(O)C1C2CCCC2CN1C(=O)c1csc(C2CCCO2)n1. The van der Waals surface area contributed by atoms with E-state index < -0.39 is 12.0 Å². The monoisotopic (exact) mass is 336 g/mol. The number of aliphatic carboxylic acids is 1. The summed E-state index contributed by atoms with van der Waals surface area (Å²) in [7, 11) is 0. The van der Waals surface area contributed by atoms with Gasteiger partial charge in [0, 0.05) is 18.5 Å². The minimum absolute atomic E-state index is 0.00483. The molecule has 0 radical (unpaired) electrons. The molecule has 1 saturated carbocycles. The van der Waals surface area contributed by atoms with E-state index in [-0.39, 0.29) is 17.9 Å². The number of amides is 1. The van der Waals surface area contributed by atoms with Gasteiger partial charge in [-0.3, -0.25) is 4.79 Å². The number of aromatic nitrogens is 1. The number of ether oxygens (including phenoxy) is 1. The van der Waals surface area contributed by atoms with Gasteiger partial charge in [-0.2, -0.15) is 0 Å². The van der Waals surface area contributed by atoms with Crippen LogP contribution in [0.1, 0.15) is 53.7 Å². The van der Waals surface area contributed by atoms with E-state index >= 15 is 0 Å². The van der Waals surface area contributed by atoms with Crippen LogP contribution in [-0.2, 0) is 9.53 Å². The molecule has 4 unspecified atom stereocenters. The number of hydrogen-bond acceptors (Lipinski definition) is 5. The number of likely N-dealkylation sites (tertiary alicyclic amines) is 1. The molecule has 4 atom stereocenters. The predicted octanol–water partition coefficient (Wildman–Crippen LogP) is 2.32. The molecule has 4 rings (SSSR count). The molecule has 124 valence electrons. The molecule has 0 bridgehead atoms. The highest BCUT2D eigenvalue weighted by Crippen LogP contribution is 2.43. The van der Waals surface area contributed by atoms with Gasteiger partial charge in [-0.1, -0.05) is 6.42 Å². The predicted molar refractivity (Wildman–Crippen MR) is 83.3 cm³/mol. The van der Waals surface area contributed by atoms with E-state index in [9.17, 15) is 14.7 Å². The molecule has 0 spiro atoms. The first-order valence-electron chi connectivity index (χ1n) is 8.26. The van der Waals surface area contributed by atoms with Crippen molar-refractivity contribution < 1.29 is 19.4 Å². The van der Waals surface area contributed by atoms with Gasteiger partial charge in [0.05, 0.1) is 0 Å². The third kappa shape index (κ3) is 2.55. The van der Waals surface area contributed by atoms with Crippen LogP contribution in [0.4, 0.5) is 0 Å². The van der Waals surface area contributed by atoms with E-state index in [2.05, 4.69) is 4.98 Å². The Morgan fingerprint density at radius 3 is 2.91 bits per heavy atom. The molecule has 1 amide bonds. The standard InChI is InChI=1S/C16H20N2O4S/c19-15(11-8-23-14(17-11)12-5-2-6-22-12)18-7-9-3-1-4-10(9)13(18)16(20)21/h8-10,12-13H,1-7H2,(H,20,21). The molecule has 23 heavy (non-hydrogen) atoms. The fourth-order valence-corrected chi connectivity index (χ4v) is 5.16. The van der Waals surface area contributed by atoms with Crippen molar-refractivity contribution in [2.75, 3.05) is 13.2 Å². The van der Waals surface area contributed by atoms with Gasteiger partial charge in [-0.25, -0.2) is 9.78 Å². The molecule has 3 aliphatic rings. The third-order valence-electron chi connectivity index (χ3n) is 5.35. The summed E-state index contributed by atoms with van der Waals surface area (Å²) in [5.41, 5.74) is 0.367. The minimum atomic E-state index is -0.887. The van der Waals surface area contributed by atoms with Gasteiger partial charge < -0.3 is 14.7 Å². The van der Waals surface area contributed by atoms with Crippen molar-refractivity contribution in [3.63, 3.8) is 0 Å². The molecule has 6 nitrogen and oxygen atoms in total. The maximum absolute atomic E-state index is 12.8. The van der Waals surface area contributed by atoms with Crippen LogP contribution in [-0.4, -0.2) is 46.1 Å². The molecule has 0 aromatic carbocycles. The number of carbonyl (C=O) groups excluding carboxylic acids is 1. The van der Waals surface area contributed by atoms with Crippen molar-refractivity contribution in [2.24, 2.45) is 11.8 Å². The van der Waals surface area contributed by atoms with Crippen LogP contribution < -0.4 is 0 Å². The van der Waals surface area contributed by atoms with Crippen molar-refractivity contribution in [1.29, 1.82) is 0 Å². The normalized spacial score (nSPS) is 33.1. The number of carboxylic acid groups (broad SMARTS) is 1. The highest BCUT2D eigenvalue weighted by Gasteiger charge is 2.50. The third-order valence-corrected chi connectivity index (χ3v) is 6.29. The smallest absolute Gasteiger partial charge is 0.326 e. The molecule has 1 N–H and O–H groups in total. The summed E-state index contributed by atoms with van der Waals surface area (Å²) in [4.78, 5) is 30.4. The van der Waals surface area contributed by atoms with E-state index in [1.807, 2.05) is 0 Å². The molecule has 3 heterocycles. The highest BCUT2D eigenvalue weighted by molar-refractivity contribution is 7.09. The maximum Gasteiger partial charge on any atom is 0.326 e. The lowest BCUT2D eigenvalue weighted by molar-refractivity contribution is -0.142. The number of fused-ring (bicyclic) bond motifs is 1. The lowest BCUT2D eigenvalue weighted by atomic mass is 9.94. The van der Waals surface area contributed by atoms with Crippen molar-refractivity contribution in [3.05, 3.63) is 16.1 Å². The Labute approximate surface area is 138 Å². The zero-order chi connectivity index (χ0) is 16.0. The maximum atomic E-state index is 12.8. The summed E-state index contributed by atoms with van der Waals surface area (Å²) in [6.07, 6.45) is 4.95. The van der Waals surface area contributed by atoms with E-state index in [0.717, 1.165) is 43.7 Å². The molecule has 1 aromatic heterocycles. The Morgan fingerprint density at radius 2 is 2.17 bits per heavy atom. The van der Waals surface area contributed by atoms with E-state index in [4.69, 9.17) is 4.74 Å². The van der Waals surface area contributed by atoms with Crippen LogP contribution in [0.3, 0.4) is 0 Å².